The van der Waals surface area contributed by atoms with Crippen LogP contribution in [0.25, 0.3) is 5.65 Å². The largest absolute Gasteiger partial charge is 0.306 e. The van der Waals surface area contributed by atoms with Crippen molar-refractivity contribution in [2.45, 2.75) is 25.7 Å². The lowest BCUT2D eigenvalue weighted by molar-refractivity contribution is 0.635. The molecule has 0 saturated heterocycles. The molecule has 78 valence electrons. The van der Waals surface area contributed by atoms with Gasteiger partial charge in [-0.25, -0.2) is 4.52 Å². The molecule has 0 aliphatic heterocycles. The molecule has 0 fully saturated rings. The van der Waals surface area contributed by atoms with Gasteiger partial charge in [-0.3, -0.25) is 4.79 Å². The number of halogens is 1. The first-order valence-corrected chi connectivity index (χ1v) is 5.84. The predicted molar refractivity (Wildman–Crippen MR) is 60.2 cm³/mol. The van der Waals surface area contributed by atoms with Gasteiger partial charge in [0, 0.05) is 5.56 Å². The van der Waals surface area contributed by atoms with Crippen molar-refractivity contribution < 1.29 is 0 Å². The van der Waals surface area contributed by atoms with Crippen molar-refractivity contribution in [1.82, 2.24) is 14.6 Å². The number of rotatable bonds is 0. The van der Waals surface area contributed by atoms with E-state index in [9.17, 15) is 4.79 Å². The minimum Gasteiger partial charge on any atom is -0.306 e. The highest BCUT2D eigenvalue weighted by Gasteiger charge is 2.17. The number of hydrogen-bond donors (Lipinski definition) is 1. The van der Waals surface area contributed by atoms with E-state index in [2.05, 4.69) is 26.0 Å². The Morgan fingerprint density at radius 3 is 3.07 bits per heavy atom. The Morgan fingerprint density at radius 1 is 1.40 bits per heavy atom. The fourth-order valence-electron chi connectivity index (χ4n) is 2.20. The van der Waals surface area contributed by atoms with Crippen molar-refractivity contribution in [2.24, 2.45) is 0 Å². The normalized spacial score (nSPS) is 15.5. The molecule has 0 spiro atoms. The van der Waals surface area contributed by atoms with E-state index in [-0.39, 0.29) is 5.56 Å². The molecule has 1 N–H and O–H groups in total. The second-order valence-electron chi connectivity index (χ2n) is 3.84. The van der Waals surface area contributed by atoms with Gasteiger partial charge < -0.3 is 4.98 Å². The second kappa shape index (κ2) is 3.20. The summed E-state index contributed by atoms with van der Waals surface area (Å²) < 4.78 is 2.69. The van der Waals surface area contributed by atoms with Crippen LogP contribution >= 0.6 is 15.9 Å². The molecule has 2 aromatic heterocycles. The van der Waals surface area contributed by atoms with Crippen LogP contribution in [0, 0.1) is 0 Å². The van der Waals surface area contributed by atoms with Gasteiger partial charge in [-0.15, -0.1) is 0 Å². The van der Waals surface area contributed by atoms with Gasteiger partial charge in [0.2, 0.25) is 0 Å². The smallest absolute Gasteiger partial charge is 0.254 e. The summed E-state index contributed by atoms with van der Waals surface area (Å²) in [6, 6.07) is 0. The van der Waals surface area contributed by atoms with E-state index in [0.29, 0.717) is 0 Å². The molecule has 2 aromatic rings. The number of fused-ring (bicyclic) bond motifs is 3. The fraction of sp³-hybridized carbons (Fsp3) is 0.400. The summed E-state index contributed by atoms with van der Waals surface area (Å²) in [5.74, 6) is 0. The maximum atomic E-state index is 11.8. The highest BCUT2D eigenvalue weighted by atomic mass is 79.9. The van der Waals surface area contributed by atoms with Crippen molar-refractivity contribution in [3.63, 3.8) is 0 Å². The summed E-state index contributed by atoms with van der Waals surface area (Å²) in [5.41, 5.74) is 2.79. The van der Waals surface area contributed by atoms with Crippen LogP contribution in [0.2, 0.25) is 0 Å². The quantitative estimate of drug-likeness (QED) is 0.790. The van der Waals surface area contributed by atoms with Crippen LogP contribution in [0.1, 0.15) is 24.1 Å². The SMILES string of the molecule is O=c1[nH]c2c(Br)cnn2c2c1CCCC2. The zero-order chi connectivity index (χ0) is 10.4. The summed E-state index contributed by atoms with van der Waals surface area (Å²) in [6.45, 7) is 0. The Hall–Kier alpha value is -1.10. The van der Waals surface area contributed by atoms with Crippen LogP contribution in [-0.4, -0.2) is 14.6 Å². The van der Waals surface area contributed by atoms with Gasteiger partial charge in [0.25, 0.3) is 5.56 Å². The van der Waals surface area contributed by atoms with E-state index in [0.717, 1.165) is 47.1 Å². The first-order chi connectivity index (χ1) is 7.27. The monoisotopic (exact) mass is 267 g/mol. The van der Waals surface area contributed by atoms with Crippen molar-refractivity contribution in [2.75, 3.05) is 0 Å². The van der Waals surface area contributed by atoms with Crippen molar-refractivity contribution >= 4 is 21.6 Å². The average Bonchev–Trinajstić information content (AvgIpc) is 2.62. The maximum Gasteiger partial charge on any atom is 0.254 e. The third-order valence-electron chi connectivity index (χ3n) is 2.92. The lowest BCUT2D eigenvalue weighted by Crippen LogP contribution is -2.22. The number of aryl methyl sites for hydroxylation is 1. The molecule has 1 aliphatic carbocycles. The first kappa shape index (κ1) is 9.15. The Bertz CT molecular complexity index is 584. The minimum atomic E-state index is 0.0402. The summed E-state index contributed by atoms with van der Waals surface area (Å²) in [5, 5.41) is 4.27. The molecular weight excluding hydrogens is 258 g/mol. The molecule has 0 aromatic carbocycles. The Kier molecular flexibility index (Phi) is 1.95. The molecule has 1 aliphatic rings. The van der Waals surface area contributed by atoms with Crippen LogP contribution in [0.5, 0.6) is 0 Å². The molecule has 4 nitrogen and oxygen atoms in total. The minimum absolute atomic E-state index is 0.0402. The molecule has 2 heterocycles. The Balaban J connectivity index is 2.45. The maximum absolute atomic E-state index is 11.8. The van der Waals surface area contributed by atoms with Gasteiger partial charge in [-0.1, -0.05) is 0 Å². The van der Waals surface area contributed by atoms with Crippen LogP contribution < -0.4 is 5.56 Å². The Labute approximate surface area is 94.4 Å². The number of nitrogens with zero attached hydrogens (tertiary/aromatic N) is 2. The number of aromatic amines is 1. The summed E-state index contributed by atoms with van der Waals surface area (Å²) in [6.07, 6.45) is 5.79. The molecule has 0 bridgehead atoms. The van der Waals surface area contributed by atoms with E-state index in [1.165, 1.54) is 0 Å². The topological polar surface area (TPSA) is 50.2 Å². The van der Waals surface area contributed by atoms with E-state index < -0.39 is 0 Å². The summed E-state index contributed by atoms with van der Waals surface area (Å²) in [7, 11) is 0. The van der Waals surface area contributed by atoms with Crippen LogP contribution in [0.15, 0.2) is 15.5 Å². The van der Waals surface area contributed by atoms with E-state index in [1.807, 2.05) is 4.52 Å². The molecule has 5 heteroatoms. The second-order valence-corrected chi connectivity index (χ2v) is 4.69. The number of H-pyrrole nitrogens is 1. The molecule has 0 atom stereocenters. The molecule has 0 radical (unpaired) electrons. The van der Waals surface area contributed by atoms with Crippen LogP contribution in [-0.2, 0) is 12.8 Å². The van der Waals surface area contributed by atoms with Gasteiger partial charge >= 0.3 is 0 Å². The van der Waals surface area contributed by atoms with Crippen LogP contribution in [0.4, 0.5) is 0 Å². The fourth-order valence-corrected chi connectivity index (χ4v) is 2.56. The molecular formula is C10H10BrN3O. The van der Waals surface area contributed by atoms with Crippen LogP contribution in [0.3, 0.4) is 0 Å². The Morgan fingerprint density at radius 2 is 2.20 bits per heavy atom. The molecule has 0 saturated carbocycles. The number of nitrogens with one attached hydrogen (secondary N) is 1. The zero-order valence-corrected chi connectivity index (χ0v) is 9.67. The molecule has 0 amide bonds. The third kappa shape index (κ3) is 1.26. The number of aromatic nitrogens is 3. The number of hydrogen-bond acceptors (Lipinski definition) is 2. The lowest BCUT2D eigenvalue weighted by atomic mass is 9.97. The molecule has 15 heavy (non-hydrogen) atoms. The molecule has 3 rings (SSSR count). The van der Waals surface area contributed by atoms with Gasteiger partial charge in [0.05, 0.1) is 16.4 Å². The van der Waals surface area contributed by atoms with Crippen molar-refractivity contribution in [3.8, 4) is 0 Å². The highest BCUT2D eigenvalue weighted by molar-refractivity contribution is 9.10. The first-order valence-electron chi connectivity index (χ1n) is 5.04. The van der Waals surface area contributed by atoms with E-state index in [1.54, 1.807) is 6.20 Å². The van der Waals surface area contributed by atoms with Gasteiger partial charge in [0.1, 0.15) is 0 Å². The van der Waals surface area contributed by atoms with E-state index >= 15 is 0 Å². The molecule has 0 unspecified atom stereocenters. The van der Waals surface area contributed by atoms with E-state index in [4.69, 9.17) is 0 Å². The van der Waals surface area contributed by atoms with Gasteiger partial charge in [0.15, 0.2) is 5.65 Å². The lowest BCUT2D eigenvalue weighted by Gasteiger charge is -2.15. The standard InChI is InChI=1S/C10H10BrN3O/c11-7-5-12-14-8-4-2-1-3-6(8)10(15)13-9(7)14/h5H,1-4H2,(H,13,15). The highest BCUT2D eigenvalue weighted by Crippen LogP contribution is 2.21. The summed E-state index contributed by atoms with van der Waals surface area (Å²) >= 11 is 3.38. The van der Waals surface area contributed by atoms with Gasteiger partial charge in [-0.05, 0) is 41.6 Å². The van der Waals surface area contributed by atoms with Crippen molar-refractivity contribution in [1.29, 1.82) is 0 Å². The summed E-state index contributed by atoms with van der Waals surface area (Å²) in [4.78, 5) is 14.7. The predicted octanol–water partition coefficient (Wildman–Crippen LogP) is 1.66. The third-order valence-corrected chi connectivity index (χ3v) is 3.51. The zero-order valence-electron chi connectivity index (χ0n) is 8.09. The van der Waals surface area contributed by atoms with Crippen molar-refractivity contribution in [3.05, 3.63) is 32.3 Å². The average molecular weight is 268 g/mol. The van der Waals surface area contributed by atoms with Gasteiger partial charge in [-0.2, -0.15) is 5.10 Å².